The van der Waals surface area contributed by atoms with E-state index in [0.717, 1.165) is 30.6 Å². The number of hydrogen-bond donors (Lipinski definition) is 1. The number of ether oxygens (including phenoxy) is 1. The summed E-state index contributed by atoms with van der Waals surface area (Å²) in [5.41, 5.74) is 2.09. The number of aryl methyl sites for hydroxylation is 1. The van der Waals surface area contributed by atoms with E-state index in [0.29, 0.717) is 25.4 Å². The van der Waals surface area contributed by atoms with Crippen LogP contribution in [0.1, 0.15) is 49.2 Å². The fourth-order valence-corrected chi connectivity index (χ4v) is 3.56. The predicted octanol–water partition coefficient (Wildman–Crippen LogP) is 3.88. The summed E-state index contributed by atoms with van der Waals surface area (Å²) >= 11 is 0. The SMILES string of the molecule is CC(O)c1cccc(CC[C@H]2C(=O)CC[C@@H]2COCc2cc[c-]o2)c1.[Y]. The molecule has 1 aromatic heterocycles. The predicted molar refractivity (Wildman–Crippen MR) is 93.8 cm³/mol. The van der Waals surface area contributed by atoms with Crippen molar-refractivity contribution in [2.24, 2.45) is 11.8 Å². The number of aliphatic hydroxyl groups is 1. The molecule has 3 rings (SSSR count). The van der Waals surface area contributed by atoms with Gasteiger partial charge in [-0.3, -0.25) is 4.79 Å². The molecule has 1 aromatic carbocycles. The van der Waals surface area contributed by atoms with Crippen molar-refractivity contribution in [1.29, 1.82) is 0 Å². The summed E-state index contributed by atoms with van der Waals surface area (Å²) in [4.78, 5) is 12.3. The van der Waals surface area contributed by atoms with E-state index >= 15 is 0 Å². The van der Waals surface area contributed by atoms with Crippen molar-refractivity contribution in [3.05, 3.63) is 59.5 Å². The van der Waals surface area contributed by atoms with Crippen LogP contribution in [0.4, 0.5) is 0 Å². The smallest absolute Gasteiger partial charge is 0.136 e. The first-order valence-electron chi connectivity index (χ1n) is 8.95. The average Bonchev–Trinajstić information content (AvgIpc) is 3.24. The Balaban J connectivity index is 0.00000243. The Bertz CT molecular complexity index is 681. The van der Waals surface area contributed by atoms with E-state index < -0.39 is 6.10 Å². The minimum Gasteiger partial charge on any atom is -0.593 e. The average molecular weight is 430 g/mol. The summed E-state index contributed by atoms with van der Waals surface area (Å²) in [5.74, 6) is 1.46. The molecule has 0 amide bonds. The second-order valence-corrected chi connectivity index (χ2v) is 6.87. The number of ketones is 1. The zero-order chi connectivity index (χ0) is 17.6. The molecule has 0 bridgehead atoms. The van der Waals surface area contributed by atoms with Gasteiger partial charge in [0.1, 0.15) is 5.78 Å². The fraction of sp³-hybridized carbons (Fsp3) is 0.476. The van der Waals surface area contributed by atoms with Crippen molar-refractivity contribution < 1.29 is 51.8 Å². The van der Waals surface area contributed by atoms with Crippen LogP contribution in [-0.4, -0.2) is 17.5 Å². The van der Waals surface area contributed by atoms with Gasteiger partial charge in [-0.1, -0.05) is 24.3 Å². The van der Waals surface area contributed by atoms with E-state index in [2.05, 4.69) is 12.3 Å². The zero-order valence-electron chi connectivity index (χ0n) is 15.2. The minimum absolute atomic E-state index is 0. The van der Waals surface area contributed by atoms with Gasteiger partial charge >= 0.3 is 0 Å². The van der Waals surface area contributed by atoms with Gasteiger partial charge in [-0.25, -0.2) is 0 Å². The molecular weight excluding hydrogens is 405 g/mol. The summed E-state index contributed by atoms with van der Waals surface area (Å²) in [7, 11) is 0. The van der Waals surface area contributed by atoms with Gasteiger partial charge in [0, 0.05) is 58.3 Å². The second-order valence-electron chi connectivity index (χ2n) is 6.87. The van der Waals surface area contributed by atoms with Crippen LogP contribution in [0.2, 0.25) is 0 Å². The first-order valence-corrected chi connectivity index (χ1v) is 8.95. The first-order chi connectivity index (χ1) is 12.1. The van der Waals surface area contributed by atoms with E-state index in [1.807, 2.05) is 24.3 Å². The Morgan fingerprint density at radius 1 is 1.38 bits per heavy atom. The van der Waals surface area contributed by atoms with Crippen molar-refractivity contribution in [3.63, 3.8) is 0 Å². The molecule has 0 spiro atoms. The number of hydrogen-bond acceptors (Lipinski definition) is 4. The largest absolute Gasteiger partial charge is 0.593 e. The van der Waals surface area contributed by atoms with Crippen LogP contribution in [0.3, 0.4) is 0 Å². The minimum atomic E-state index is -0.465. The molecule has 0 aliphatic heterocycles. The summed E-state index contributed by atoms with van der Waals surface area (Å²) in [6.45, 7) is 2.78. The molecule has 0 saturated heterocycles. The number of rotatable bonds is 8. The Hall–Kier alpha value is -0.806. The normalized spacial score (nSPS) is 20.8. The Kier molecular flexibility index (Phi) is 8.69. The van der Waals surface area contributed by atoms with Crippen LogP contribution in [0.5, 0.6) is 0 Å². The molecule has 26 heavy (non-hydrogen) atoms. The summed E-state index contributed by atoms with van der Waals surface area (Å²) in [6.07, 6.45) is 5.43. The molecule has 1 radical (unpaired) electrons. The van der Waals surface area contributed by atoms with Gasteiger partial charge in [-0.15, -0.1) is 6.07 Å². The summed E-state index contributed by atoms with van der Waals surface area (Å²) in [5, 5.41) is 9.71. The van der Waals surface area contributed by atoms with Gasteiger partial charge in [0.15, 0.2) is 0 Å². The van der Waals surface area contributed by atoms with Crippen LogP contribution in [0.15, 0.2) is 40.8 Å². The van der Waals surface area contributed by atoms with Gasteiger partial charge in [-0.05, 0) is 55.3 Å². The van der Waals surface area contributed by atoms with Crippen LogP contribution < -0.4 is 0 Å². The molecule has 1 aliphatic rings. The van der Waals surface area contributed by atoms with Crippen molar-refractivity contribution in [2.75, 3.05) is 6.61 Å². The van der Waals surface area contributed by atoms with Crippen molar-refractivity contribution >= 4 is 5.78 Å². The topological polar surface area (TPSA) is 59.7 Å². The number of carbonyl (C=O) groups excluding carboxylic acids is 1. The van der Waals surface area contributed by atoms with Crippen LogP contribution in [-0.2, 0) is 55.3 Å². The Labute approximate surface area is 180 Å². The number of aliphatic hydroxyl groups excluding tert-OH is 1. The third-order valence-corrected chi connectivity index (χ3v) is 5.03. The third-order valence-electron chi connectivity index (χ3n) is 5.03. The standard InChI is InChI=1S/C21H25O4.Y/c1-15(22)17-5-2-4-16(12-17)7-9-20-18(8-10-21(20)23)13-24-14-19-6-3-11-25-19;/h2-6,12,15,18,20,22H,7-10,13-14H2,1H3;/q-1;/t15?,18-,20-;/m1./s1. The number of benzene rings is 1. The molecule has 3 atom stereocenters. The molecular formula is C21H25O4Y-. The molecule has 1 N–H and O–H groups in total. The molecule has 1 saturated carbocycles. The van der Waals surface area contributed by atoms with Crippen molar-refractivity contribution in [1.82, 2.24) is 0 Å². The number of carbonyl (C=O) groups is 1. The van der Waals surface area contributed by atoms with Crippen molar-refractivity contribution in [2.45, 2.75) is 45.3 Å². The molecule has 5 heteroatoms. The summed E-state index contributed by atoms with van der Waals surface area (Å²) < 4.78 is 10.9. The fourth-order valence-electron chi connectivity index (χ4n) is 3.56. The molecule has 137 valence electrons. The Morgan fingerprint density at radius 3 is 2.96 bits per heavy atom. The summed E-state index contributed by atoms with van der Waals surface area (Å²) in [6, 6.07) is 11.5. The second kappa shape index (κ2) is 10.5. The molecule has 1 unspecified atom stereocenters. The van der Waals surface area contributed by atoms with Crippen LogP contribution >= 0.6 is 0 Å². The van der Waals surface area contributed by atoms with E-state index in [-0.39, 0.29) is 44.5 Å². The molecule has 1 heterocycles. The van der Waals surface area contributed by atoms with E-state index in [4.69, 9.17) is 9.15 Å². The zero-order valence-corrected chi connectivity index (χ0v) is 18.0. The number of furan rings is 1. The van der Waals surface area contributed by atoms with Gasteiger partial charge in [0.25, 0.3) is 0 Å². The van der Waals surface area contributed by atoms with Gasteiger partial charge in [-0.2, -0.15) is 6.07 Å². The molecule has 4 nitrogen and oxygen atoms in total. The van der Waals surface area contributed by atoms with Gasteiger partial charge < -0.3 is 14.3 Å². The maximum Gasteiger partial charge on any atom is 0.136 e. The number of Topliss-reactive ketones (excluding diaryl/α,β-unsaturated/α-hetero) is 1. The van der Waals surface area contributed by atoms with Gasteiger partial charge in [0.05, 0.1) is 6.10 Å². The van der Waals surface area contributed by atoms with Gasteiger partial charge in [0.2, 0.25) is 0 Å². The molecule has 1 aliphatic carbocycles. The third kappa shape index (κ3) is 5.85. The molecule has 1 fully saturated rings. The van der Waals surface area contributed by atoms with Crippen LogP contribution in [0.25, 0.3) is 0 Å². The van der Waals surface area contributed by atoms with Crippen LogP contribution in [0, 0.1) is 18.1 Å². The monoisotopic (exact) mass is 430 g/mol. The van der Waals surface area contributed by atoms with E-state index in [9.17, 15) is 9.90 Å². The van der Waals surface area contributed by atoms with E-state index in [1.165, 1.54) is 5.56 Å². The first kappa shape index (κ1) is 21.5. The van der Waals surface area contributed by atoms with E-state index in [1.54, 1.807) is 13.0 Å². The maximum atomic E-state index is 12.3. The quantitative estimate of drug-likeness (QED) is 0.646. The maximum absolute atomic E-state index is 12.3. The molecule has 2 aromatic rings. The Morgan fingerprint density at radius 2 is 2.23 bits per heavy atom. The van der Waals surface area contributed by atoms with Crippen molar-refractivity contribution in [3.8, 4) is 0 Å².